The smallest absolute Gasteiger partial charge is 0.149 e. The number of ketones is 1. The third-order valence-electron chi connectivity index (χ3n) is 1.95. The molecule has 0 aromatic heterocycles. The highest BCUT2D eigenvalue weighted by Crippen LogP contribution is 2.03. The lowest BCUT2D eigenvalue weighted by Gasteiger charge is -2.20. The summed E-state index contributed by atoms with van der Waals surface area (Å²) < 4.78 is 0. The minimum absolute atomic E-state index is 0.0448. The van der Waals surface area contributed by atoms with Gasteiger partial charge in [-0.2, -0.15) is 0 Å². The van der Waals surface area contributed by atoms with Crippen molar-refractivity contribution in [2.75, 3.05) is 6.54 Å². The van der Waals surface area contributed by atoms with Gasteiger partial charge < -0.3 is 5.32 Å². The summed E-state index contributed by atoms with van der Waals surface area (Å²) in [7, 11) is 0. The van der Waals surface area contributed by atoms with E-state index in [9.17, 15) is 4.79 Å². The van der Waals surface area contributed by atoms with Crippen molar-refractivity contribution in [1.82, 2.24) is 5.32 Å². The van der Waals surface area contributed by atoms with Gasteiger partial charge in [0.25, 0.3) is 0 Å². The Morgan fingerprint density at radius 3 is 2.25 bits per heavy atom. The lowest BCUT2D eigenvalue weighted by atomic mass is 10.0. The Morgan fingerprint density at radius 1 is 1.42 bits per heavy atom. The number of hydrogen-bond donors (Lipinski definition) is 1. The summed E-state index contributed by atoms with van der Waals surface area (Å²) in [5.41, 5.74) is 0.0448. The van der Waals surface area contributed by atoms with Crippen LogP contribution < -0.4 is 5.32 Å². The first-order chi connectivity index (χ1) is 5.37. The van der Waals surface area contributed by atoms with Gasteiger partial charge in [0.15, 0.2) is 0 Å². The average Bonchev–Trinajstić information content (AvgIpc) is 1.97. The Morgan fingerprint density at radius 2 is 1.92 bits per heavy atom. The predicted molar refractivity (Wildman–Crippen MR) is 52.2 cm³/mol. The largest absolute Gasteiger partial charge is 0.305 e. The Hall–Kier alpha value is -0.370. The molecule has 0 aromatic rings. The van der Waals surface area contributed by atoms with Gasteiger partial charge in [0, 0.05) is 11.5 Å². The van der Waals surface area contributed by atoms with Crippen molar-refractivity contribution in [2.24, 2.45) is 5.92 Å². The maximum atomic E-state index is 11.4. The van der Waals surface area contributed by atoms with Crippen molar-refractivity contribution in [1.29, 1.82) is 0 Å². The van der Waals surface area contributed by atoms with E-state index in [1.807, 2.05) is 13.8 Å². The summed E-state index contributed by atoms with van der Waals surface area (Å²) in [5, 5.41) is 3.19. The molecule has 72 valence electrons. The quantitative estimate of drug-likeness (QED) is 0.701. The van der Waals surface area contributed by atoms with Crippen molar-refractivity contribution >= 4 is 5.78 Å². The lowest BCUT2D eigenvalue weighted by Crippen LogP contribution is -2.40. The minimum atomic E-state index is 0.0448. The highest BCUT2D eigenvalue weighted by atomic mass is 16.1. The number of nitrogens with one attached hydrogen (secondary N) is 1. The summed E-state index contributed by atoms with van der Waals surface area (Å²) in [6, 6.07) is 0. The van der Waals surface area contributed by atoms with E-state index in [2.05, 4.69) is 26.1 Å². The predicted octanol–water partition coefficient (Wildman–Crippen LogP) is 1.99. The van der Waals surface area contributed by atoms with Crippen LogP contribution in [0.4, 0.5) is 0 Å². The molecular weight excluding hydrogens is 150 g/mol. The van der Waals surface area contributed by atoms with E-state index in [1.54, 1.807) is 0 Å². The first-order valence-corrected chi connectivity index (χ1v) is 4.64. The summed E-state index contributed by atoms with van der Waals surface area (Å²) in [6.07, 6.45) is 0.935. The molecule has 2 nitrogen and oxygen atoms in total. The zero-order valence-electron chi connectivity index (χ0n) is 8.90. The van der Waals surface area contributed by atoms with Gasteiger partial charge in [-0.05, 0) is 27.2 Å². The van der Waals surface area contributed by atoms with E-state index in [0.717, 1.165) is 6.42 Å². The van der Waals surface area contributed by atoms with Crippen LogP contribution in [0.1, 0.15) is 41.0 Å². The normalized spacial score (nSPS) is 14.4. The van der Waals surface area contributed by atoms with Crippen LogP contribution in [0.3, 0.4) is 0 Å². The standard InChI is InChI=1S/C10H21NO/c1-6-8(2)9(12)7-11-10(3,4)5/h8,11H,6-7H2,1-5H3. The lowest BCUT2D eigenvalue weighted by molar-refractivity contribution is -0.121. The second kappa shape index (κ2) is 4.61. The fourth-order valence-corrected chi connectivity index (χ4v) is 0.754. The molecule has 0 aromatic carbocycles. The molecule has 0 radical (unpaired) electrons. The van der Waals surface area contributed by atoms with E-state index >= 15 is 0 Å². The van der Waals surface area contributed by atoms with Crippen LogP contribution in [0.5, 0.6) is 0 Å². The molecule has 0 amide bonds. The van der Waals surface area contributed by atoms with Gasteiger partial charge in [0.05, 0.1) is 6.54 Å². The molecule has 1 atom stereocenters. The van der Waals surface area contributed by atoms with Crippen molar-refractivity contribution < 1.29 is 4.79 Å². The van der Waals surface area contributed by atoms with Crippen LogP contribution in [0.15, 0.2) is 0 Å². The Bertz CT molecular complexity index is 146. The van der Waals surface area contributed by atoms with E-state index in [4.69, 9.17) is 0 Å². The van der Waals surface area contributed by atoms with Gasteiger partial charge in [0.1, 0.15) is 5.78 Å². The van der Waals surface area contributed by atoms with Gasteiger partial charge in [-0.15, -0.1) is 0 Å². The number of hydrogen-bond acceptors (Lipinski definition) is 2. The van der Waals surface area contributed by atoms with Crippen LogP contribution in [-0.4, -0.2) is 17.9 Å². The average molecular weight is 171 g/mol. The fourth-order valence-electron chi connectivity index (χ4n) is 0.754. The number of Topliss-reactive ketones (excluding diaryl/α,β-unsaturated/α-hetero) is 1. The second-order valence-electron chi connectivity index (χ2n) is 4.38. The second-order valence-corrected chi connectivity index (χ2v) is 4.38. The summed E-state index contributed by atoms with van der Waals surface area (Å²) in [5.74, 6) is 0.507. The third kappa shape index (κ3) is 5.30. The van der Waals surface area contributed by atoms with Crippen LogP contribution in [0.25, 0.3) is 0 Å². The maximum Gasteiger partial charge on any atom is 0.149 e. The van der Waals surface area contributed by atoms with Gasteiger partial charge in [-0.25, -0.2) is 0 Å². The monoisotopic (exact) mass is 171 g/mol. The van der Waals surface area contributed by atoms with Gasteiger partial charge in [0.2, 0.25) is 0 Å². The summed E-state index contributed by atoms with van der Waals surface area (Å²) in [6.45, 7) is 10.7. The molecule has 0 heterocycles. The molecule has 2 heteroatoms. The van der Waals surface area contributed by atoms with Crippen molar-refractivity contribution in [3.05, 3.63) is 0 Å². The fraction of sp³-hybridized carbons (Fsp3) is 0.900. The molecule has 1 N–H and O–H groups in total. The topological polar surface area (TPSA) is 29.1 Å². The highest BCUT2D eigenvalue weighted by Gasteiger charge is 2.14. The third-order valence-corrected chi connectivity index (χ3v) is 1.95. The van der Waals surface area contributed by atoms with E-state index < -0.39 is 0 Å². The molecule has 0 aliphatic heterocycles. The van der Waals surface area contributed by atoms with Crippen molar-refractivity contribution in [3.63, 3.8) is 0 Å². The number of carbonyl (C=O) groups is 1. The number of carbonyl (C=O) groups excluding carboxylic acids is 1. The van der Waals surface area contributed by atoms with Gasteiger partial charge in [-0.3, -0.25) is 4.79 Å². The van der Waals surface area contributed by atoms with Crippen LogP contribution in [-0.2, 0) is 4.79 Å². The molecule has 0 bridgehead atoms. The highest BCUT2D eigenvalue weighted by molar-refractivity contribution is 5.82. The molecule has 0 saturated heterocycles. The zero-order chi connectivity index (χ0) is 9.78. The molecule has 0 aliphatic carbocycles. The Labute approximate surface area is 75.7 Å². The first kappa shape index (κ1) is 11.6. The Kier molecular flexibility index (Phi) is 4.46. The minimum Gasteiger partial charge on any atom is -0.305 e. The zero-order valence-corrected chi connectivity index (χ0v) is 8.90. The maximum absolute atomic E-state index is 11.4. The first-order valence-electron chi connectivity index (χ1n) is 4.64. The SMILES string of the molecule is CCC(C)C(=O)CNC(C)(C)C. The van der Waals surface area contributed by atoms with Gasteiger partial charge >= 0.3 is 0 Å². The van der Waals surface area contributed by atoms with Crippen molar-refractivity contribution in [3.8, 4) is 0 Å². The molecule has 12 heavy (non-hydrogen) atoms. The van der Waals surface area contributed by atoms with E-state index in [1.165, 1.54) is 0 Å². The van der Waals surface area contributed by atoms with Crippen LogP contribution in [0, 0.1) is 5.92 Å². The molecule has 0 aliphatic rings. The molecular formula is C10H21NO. The molecule has 0 saturated carbocycles. The number of rotatable bonds is 4. The van der Waals surface area contributed by atoms with Crippen molar-refractivity contribution in [2.45, 2.75) is 46.6 Å². The summed E-state index contributed by atoms with van der Waals surface area (Å²) in [4.78, 5) is 11.4. The molecule has 0 rings (SSSR count). The van der Waals surface area contributed by atoms with E-state index in [0.29, 0.717) is 12.3 Å². The Balaban J connectivity index is 3.72. The van der Waals surface area contributed by atoms with Crippen LogP contribution >= 0.6 is 0 Å². The van der Waals surface area contributed by atoms with Crippen LogP contribution in [0.2, 0.25) is 0 Å². The van der Waals surface area contributed by atoms with E-state index in [-0.39, 0.29) is 11.5 Å². The molecule has 0 spiro atoms. The molecule has 0 fully saturated rings. The summed E-state index contributed by atoms with van der Waals surface area (Å²) >= 11 is 0. The molecule has 1 unspecified atom stereocenters. The van der Waals surface area contributed by atoms with Gasteiger partial charge in [-0.1, -0.05) is 13.8 Å².